The first-order chi connectivity index (χ1) is 9.11. The van der Waals surface area contributed by atoms with E-state index in [0.29, 0.717) is 12.5 Å². The van der Waals surface area contributed by atoms with Crippen LogP contribution in [0.15, 0.2) is 22.1 Å². The van der Waals surface area contributed by atoms with Crippen LogP contribution in [0.1, 0.15) is 4.88 Å². The van der Waals surface area contributed by atoms with Gasteiger partial charge in [0.25, 0.3) is 0 Å². The molecule has 0 unspecified atom stereocenters. The first-order valence-electron chi connectivity index (χ1n) is 5.26. The van der Waals surface area contributed by atoms with Crippen LogP contribution in [-0.2, 0) is 6.54 Å². The summed E-state index contributed by atoms with van der Waals surface area (Å²) >= 11 is 4.96. The van der Waals surface area contributed by atoms with Gasteiger partial charge in [0.05, 0.1) is 11.5 Å². The van der Waals surface area contributed by atoms with E-state index in [2.05, 4.69) is 36.5 Å². The fourth-order valence-electron chi connectivity index (χ4n) is 1.37. The van der Waals surface area contributed by atoms with Crippen molar-refractivity contribution in [1.82, 2.24) is 9.97 Å². The van der Waals surface area contributed by atoms with Crippen molar-refractivity contribution in [2.45, 2.75) is 6.54 Å². The van der Waals surface area contributed by atoms with E-state index in [1.54, 1.807) is 18.4 Å². The maximum atomic E-state index is 10.9. The number of halogens is 1. The molecule has 0 saturated heterocycles. The summed E-state index contributed by atoms with van der Waals surface area (Å²) in [5.74, 6) is 0.531. The van der Waals surface area contributed by atoms with E-state index in [9.17, 15) is 10.1 Å². The van der Waals surface area contributed by atoms with Gasteiger partial charge in [0.15, 0.2) is 0 Å². The van der Waals surface area contributed by atoms with Gasteiger partial charge in [-0.3, -0.25) is 10.1 Å². The molecule has 0 spiro atoms. The topological polar surface area (TPSA) is 93.0 Å². The smallest absolute Gasteiger partial charge is 0.329 e. The second-order valence-corrected chi connectivity index (χ2v) is 5.33. The Labute approximate surface area is 121 Å². The van der Waals surface area contributed by atoms with Crippen LogP contribution in [0, 0.1) is 10.1 Å². The number of nitrogens with one attached hydrogen (secondary N) is 2. The summed E-state index contributed by atoms with van der Waals surface area (Å²) in [5.41, 5.74) is -0.147. The molecule has 0 bridgehead atoms. The van der Waals surface area contributed by atoms with E-state index in [1.807, 2.05) is 11.4 Å². The molecule has 2 heterocycles. The Morgan fingerprint density at radius 2 is 2.37 bits per heavy atom. The maximum Gasteiger partial charge on any atom is 0.329 e. The second kappa shape index (κ2) is 5.93. The van der Waals surface area contributed by atoms with Crippen molar-refractivity contribution in [1.29, 1.82) is 0 Å². The minimum Gasteiger partial charge on any atom is -0.359 e. The van der Waals surface area contributed by atoms with Gasteiger partial charge in [-0.1, -0.05) is 0 Å². The lowest BCUT2D eigenvalue weighted by Crippen LogP contribution is -2.07. The van der Waals surface area contributed by atoms with Crippen molar-refractivity contribution >= 4 is 44.7 Å². The van der Waals surface area contributed by atoms with Crippen LogP contribution in [0.4, 0.5) is 17.5 Å². The van der Waals surface area contributed by atoms with E-state index in [1.165, 1.54) is 6.20 Å². The standard InChI is InChI=1S/C10H10BrN5O2S/c1-12-10-14-4-7(16(17)18)9(15-10)13-5-8-6(11)2-3-19-8/h2-4H,5H2,1H3,(H2,12,13,14,15). The highest BCUT2D eigenvalue weighted by molar-refractivity contribution is 9.10. The molecule has 0 aliphatic carbocycles. The third kappa shape index (κ3) is 3.18. The Bertz CT molecular complexity index is 603. The van der Waals surface area contributed by atoms with Crippen LogP contribution in [0.5, 0.6) is 0 Å². The number of hydrogen-bond donors (Lipinski definition) is 2. The highest BCUT2D eigenvalue weighted by Gasteiger charge is 2.17. The molecule has 7 nitrogen and oxygen atoms in total. The van der Waals surface area contributed by atoms with Crippen molar-refractivity contribution in [2.24, 2.45) is 0 Å². The quantitative estimate of drug-likeness (QED) is 0.640. The Kier molecular flexibility index (Phi) is 4.27. The largest absolute Gasteiger partial charge is 0.359 e. The number of nitro groups is 1. The minimum atomic E-state index is -0.509. The molecule has 2 rings (SSSR count). The molecule has 0 fully saturated rings. The van der Waals surface area contributed by atoms with Gasteiger partial charge in [0.2, 0.25) is 11.8 Å². The molecular formula is C10H10BrN5O2S. The summed E-state index contributed by atoms with van der Waals surface area (Å²) in [6.07, 6.45) is 1.19. The Hall–Kier alpha value is -1.74. The monoisotopic (exact) mass is 343 g/mol. The van der Waals surface area contributed by atoms with Crippen LogP contribution >= 0.6 is 27.3 Å². The molecule has 0 aliphatic rings. The summed E-state index contributed by atoms with van der Waals surface area (Å²) < 4.78 is 0.968. The predicted molar refractivity (Wildman–Crippen MR) is 77.6 cm³/mol. The number of aromatic nitrogens is 2. The summed E-state index contributed by atoms with van der Waals surface area (Å²) in [5, 5.41) is 18.6. The van der Waals surface area contributed by atoms with Gasteiger partial charge < -0.3 is 10.6 Å². The number of nitrogens with zero attached hydrogens (tertiary/aromatic N) is 3. The van der Waals surface area contributed by atoms with Gasteiger partial charge in [-0.2, -0.15) is 4.98 Å². The second-order valence-electron chi connectivity index (χ2n) is 3.48. The zero-order valence-electron chi connectivity index (χ0n) is 9.88. The van der Waals surface area contributed by atoms with E-state index in [0.717, 1.165) is 9.35 Å². The van der Waals surface area contributed by atoms with E-state index < -0.39 is 4.92 Å². The van der Waals surface area contributed by atoms with Gasteiger partial charge >= 0.3 is 5.69 Å². The third-order valence-electron chi connectivity index (χ3n) is 2.30. The fraction of sp³-hybridized carbons (Fsp3) is 0.200. The van der Waals surface area contributed by atoms with Gasteiger partial charge in [-0.05, 0) is 27.4 Å². The molecule has 9 heteroatoms. The Morgan fingerprint density at radius 3 is 2.95 bits per heavy atom. The third-order valence-corrected chi connectivity index (χ3v) is 4.22. The Balaban J connectivity index is 2.22. The van der Waals surface area contributed by atoms with E-state index in [-0.39, 0.29) is 11.5 Å². The zero-order valence-corrected chi connectivity index (χ0v) is 12.3. The van der Waals surface area contributed by atoms with Crippen molar-refractivity contribution in [3.63, 3.8) is 0 Å². The van der Waals surface area contributed by atoms with E-state index in [4.69, 9.17) is 0 Å². The van der Waals surface area contributed by atoms with Gasteiger partial charge in [0.1, 0.15) is 6.20 Å². The van der Waals surface area contributed by atoms with Gasteiger partial charge in [0, 0.05) is 16.4 Å². The minimum absolute atomic E-state index is 0.147. The molecule has 2 aromatic rings. The molecule has 2 N–H and O–H groups in total. The van der Waals surface area contributed by atoms with Crippen molar-refractivity contribution in [3.8, 4) is 0 Å². The molecular weight excluding hydrogens is 334 g/mol. The van der Waals surface area contributed by atoms with Crippen molar-refractivity contribution in [2.75, 3.05) is 17.7 Å². The molecule has 0 radical (unpaired) electrons. The molecule has 0 amide bonds. The number of anilines is 2. The number of thiophene rings is 1. The lowest BCUT2D eigenvalue weighted by Gasteiger charge is -2.06. The molecule has 100 valence electrons. The summed E-state index contributed by atoms with van der Waals surface area (Å²) in [7, 11) is 1.65. The SMILES string of the molecule is CNc1ncc([N+](=O)[O-])c(NCc2sccc2Br)n1. The molecule has 0 atom stereocenters. The van der Waals surface area contributed by atoms with Crippen LogP contribution in [-0.4, -0.2) is 21.9 Å². The van der Waals surface area contributed by atoms with Crippen LogP contribution < -0.4 is 10.6 Å². The fourth-order valence-corrected chi connectivity index (χ4v) is 2.81. The van der Waals surface area contributed by atoms with Crippen LogP contribution in [0.2, 0.25) is 0 Å². The van der Waals surface area contributed by atoms with Crippen molar-refractivity contribution < 1.29 is 4.92 Å². The van der Waals surface area contributed by atoms with Gasteiger partial charge in [-0.25, -0.2) is 4.98 Å². The summed E-state index contributed by atoms with van der Waals surface area (Å²) in [6, 6.07) is 1.93. The number of hydrogen-bond acceptors (Lipinski definition) is 7. The molecule has 0 saturated carbocycles. The Morgan fingerprint density at radius 1 is 1.58 bits per heavy atom. The maximum absolute atomic E-state index is 10.9. The highest BCUT2D eigenvalue weighted by Crippen LogP contribution is 2.26. The van der Waals surface area contributed by atoms with Gasteiger partial charge in [-0.15, -0.1) is 11.3 Å². The van der Waals surface area contributed by atoms with Crippen molar-refractivity contribution in [3.05, 3.63) is 37.1 Å². The highest BCUT2D eigenvalue weighted by atomic mass is 79.9. The molecule has 2 aromatic heterocycles. The molecule has 19 heavy (non-hydrogen) atoms. The first-order valence-corrected chi connectivity index (χ1v) is 6.94. The number of rotatable bonds is 5. The first kappa shape index (κ1) is 13.7. The average Bonchev–Trinajstić information content (AvgIpc) is 2.81. The average molecular weight is 344 g/mol. The van der Waals surface area contributed by atoms with E-state index >= 15 is 0 Å². The summed E-state index contributed by atoms with van der Waals surface area (Å²) in [4.78, 5) is 19.3. The zero-order chi connectivity index (χ0) is 13.8. The molecule has 0 aromatic carbocycles. The van der Waals surface area contributed by atoms with Crippen LogP contribution in [0.3, 0.4) is 0 Å². The summed E-state index contributed by atoms with van der Waals surface area (Å²) in [6.45, 7) is 0.458. The van der Waals surface area contributed by atoms with Crippen LogP contribution in [0.25, 0.3) is 0 Å². The lowest BCUT2D eigenvalue weighted by atomic mass is 10.4. The molecule has 0 aliphatic heterocycles. The predicted octanol–water partition coefficient (Wildman–Crippen LogP) is 2.86. The normalized spacial score (nSPS) is 10.2. The lowest BCUT2D eigenvalue weighted by molar-refractivity contribution is -0.384.